The molecule has 1 heterocycles. The van der Waals surface area contributed by atoms with E-state index in [2.05, 4.69) is 4.98 Å². The maximum Gasteiger partial charge on any atom is 0.305 e. The number of nitrogens with zero attached hydrogens (tertiary/aromatic N) is 3. The summed E-state index contributed by atoms with van der Waals surface area (Å²) in [5.74, 6) is 0. The van der Waals surface area contributed by atoms with E-state index in [1.165, 1.54) is 18.3 Å². The first-order valence-electron chi connectivity index (χ1n) is 2.75. The molecule has 1 aromatic heterocycles. The summed E-state index contributed by atoms with van der Waals surface area (Å²) in [5.41, 5.74) is -0.410. The van der Waals surface area contributed by atoms with Gasteiger partial charge in [0.25, 0.3) is 0 Å². The number of rotatable bonds is 1. The van der Waals surface area contributed by atoms with Gasteiger partial charge in [0.15, 0.2) is 0 Å². The molecule has 0 fully saturated rings. The second kappa shape index (κ2) is 2.75. The quantitative estimate of drug-likeness (QED) is 0.438. The third-order valence-electron chi connectivity index (χ3n) is 1.09. The van der Waals surface area contributed by atoms with Crippen LogP contribution in [0.1, 0.15) is 5.69 Å². The molecule has 0 aliphatic rings. The zero-order valence-corrected chi connectivity index (χ0v) is 5.39. The molecule has 54 valence electrons. The van der Waals surface area contributed by atoms with Crippen molar-refractivity contribution in [1.82, 2.24) is 4.98 Å². The lowest BCUT2D eigenvalue weighted by molar-refractivity contribution is -0.385. The summed E-state index contributed by atoms with van der Waals surface area (Å²) in [4.78, 5) is 13.1. The van der Waals surface area contributed by atoms with E-state index in [0.717, 1.165) is 0 Å². The average molecular weight is 149 g/mol. The third kappa shape index (κ3) is 1.30. The molecule has 0 amide bonds. The lowest BCUT2D eigenvalue weighted by Crippen LogP contribution is -1.93. The molecular formula is C6H3N3O2. The molecule has 0 atom stereocenters. The fraction of sp³-hybridized carbons (Fsp3) is 0. The summed E-state index contributed by atoms with van der Waals surface area (Å²) >= 11 is 0. The van der Waals surface area contributed by atoms with E-state index in [-0.39, 0.29) is 11.4 Å². The molecule has 0 saturated carbocycles. The van der Waals surface area contributed by atoms with Gasteiger partial charge in [0.05, 0.1) is 4.92 Å². The predicted octanol–water partition coefficient (Wildman–Crippen LogP) is 0.861. The first-order chi connectivity index (χ1) is 5.25. The van der Waals surface area contributed by atoms with Crippen LogP contribution >= 0.6 is 0 Å². The van der Waals surface area contributed by atoms with Gasteiger partial charge in [-0.15, -0.1) is 0 Å². The normalized spacial score (nSPS) is 8.64. The Balaban J connectivity index is 3.26. The Morgan fingerprint density at radius 2 is 2.45 bits per heavy atom. The van der Waals surface area contributed by atoms with Crippen LogP contribution in [0.3, 0.4) is 0 Å². The summed E-state index contributed by atoms with van der Waals surface area (Å²) in [6.45, 7) is 0. The molecular weight excluding hydrogens is 146 g/mol. The van der Waals surface area contributed by atoms with Crippen LogP contribution in [0.4, 0.5) is 5.69 Å². The van der Waals surface area contributed by atoms with Gasteiger partial charge in [0, 0.05) is 12.3 Å². The monoisotopic (exact) mass is 149 g/mol. The molecule has 0 unspecified atom stereocenters. The summed E-state index contributed by atoms with van der Waals surface area (Å²) < 4.78 is 0. The molecule has 0 N–H and O–H groups in total. The van der Waals surface area contributed by atoms with E-state index < -0.39 is 4.92 Å². The molecule has 11 heavy (non-hydrogen) atoms. The Morgan fingerprint density at radius 1 is 1.73 bits per heavy atom. The van der Waals surface area contributed by atoms with E-state index in [4.69, 9.17) is 5.26 Å². The molecule has 0 aliphatic carbocycles. The Labute approximate surface area is 62.1 Å². The van der Waals surface area contributed by atoms with Gasteiger partial charge in [-0.05, 0) is 6.07 Å². The minimum absolute atomic E-state index is 0.155. The van der Waals surface area contributed by atoms with Crippen LogP contribution in [0.15, 0.2) is 18.3 Å². The first-order valence-corrected chi connectivity index (χ1v) is 2.75. The smallest absolute Gasteiger partial charge is 0.258 e. The zero-order chi connectivity index (χ0) is 8.27. The molecule has 0 saturated heterocycles. The third-order valence-corrected chi connectivity index (χ3v) is 1.09. The second-order valence-electron chi connectivity index (χ2n) is 1.74. The van der Waals surface area contributed by atoms with Gasteiger partial charge in [-0.2, -0.15) is 5.26 Å². The SMILES string of the molecule is N#Cc1ncccc1[N+](=O)[O-]. The number of nitro groups is 1. The second-order valence-corrected chi connectivity index (χ2v) is 1.74. The van der Waals surface area contributed by atoms with E-state index in [1.54, 1.807) is 6.07 Å². The van der Waals surface area contributed by atoms with Crippen molar-refractivity contribution >= 4 is 5.69 Å². The lowest BCUT2D eigenvalue weighted by Gasteiger charge is -1.89. The molecule has 0 aromatic carbocycles. The highest BCUT2D eigenvalue weighted by molar-refractivity contribution is 5.42. The van der Waals surface area contributed by atoms with E-state index >= 15 is 0 Å². The van der Waals surface area contributed by atoms with Crippen molar-refractivity contribution in [3.63, 3.8) is 0 Å². The molecule has 1 rings (SSSR count). The van der Waals surface area contributed by atoms with Crippen LogP contribution in [0.25, 0.3) is 0 Å². The van der Waals surface area contributed by atoms with Gasteiger partial charge >= 0.3 is 5.69 Å². The van der Waals surface area contributed by atoms with Crippen LogP contribution in [0.2, 0.25) is 0 Å². The van der Waals surface area contributed by atoms with Gasteiger partial charge in [-0.25, -0.2) is 4.98 Å². The highest BCUT2D eigenvalue weighted by atomic mass is 16.6. The highest BCUT2D eigenvalue weighted by Gasteiger charge is 2.12. The van der Waals surface area contributed by atoms with Gasteiger partial charge in [0.2, 0.25) is 5.69 Å². The van der Waals surface area contributed by atoms with Crippen molar-refractivity contribution in [1.29, 1.82) is 5.26 Å². The molecule has 0 spiro atoms. The average Bonchev–Trinajstić information content (AvgIpc) is 2.04. The number of pyridine rings is 1. The lowest BCUT2D eigenvalue weighted by atomic mass is 10.3. The van der Waals surface area contributed by atoms with Gasteiger partial charge < -0.3 is 0 Å². The summed E-state index contributed by atoms with van der Waals surface area (Å²) in [6, 6.07) is 4.28. The fourth-order valence-electron chi connectivity index (χ4n) is 0.630. The molecule has 5 nitrogen and oxygen atoms in total. The van der Waals surface area contributed by atoms with Crippen molar-refractivity contribution in [2.75, 3.05) is 0 Å². The van der Waals surface area contributed by atoms with Gasteiger partial charge in [0.1, 0.15) is 6.07 Å². The number of hydrogen-bond acceptors (Lipinski definition) is 4. The van der Waals surface area contributed by atoms with Gasteiger partial charge in [-0.3, -0.25) is 10.1 Å². The van der Waals surface area contributed by atoms with E-state index in [1.807, 2.05) is 0 Å². The minimum atomic E-state index is -0.633. The van der Waals surface area contributed by atoms with Crippen LogP contribution in [0.5, 0.6) is 0 Å². The highest BCUT2D eigenvalue weighted by Crippen LogP contribution is 2.12. The van der Waals surface area contributed by atoms with Gasteiger partial charge in [-0.1, -0.05) is 0 Å². The minimum Gasteiger partial charge on any atom is -0.258 e. The zero-order valence-electron chi connectivity index (χ0n) is 5.39. The number of hydrogen-bond donors (Lipinski definition) is 0. The predicted molar refractivity (Wildman–Crippen MR) is 35.6 cm³/mol. The largest absolute Gasteiger partial charge is 0.305 e. The van der Waals surface area contributed by atoms with Crippen LogP contribution < -0.4 is 0 Å². The van der Waals surface area contributed by atoms with Crippen molar-refractivity contribution < 1.29 is 4.92 Å². The van der Waals surface area contributed by atoms with E-state index in [9.17, 15) is 10.1 Å². The van der Waals surface area contributed by atoms with Crippen molar-refractivity contribution in [3.8, 4) is 6.07 Å². The molecule has 0 aliphatic heterocycles. The Morgan fingerprint density at radius 3 is 2.91 bits per heavy atom. The van der Waals surface area contributed by atoms with Crippen LogP contribution in [-0.2, 0) is 0 Å². The molecule has 0 bridgehead atoms. The molecule has 0 radical (unpaired) electrons. The summed E-state index contributed by atoms with van der Waals surface area (Å²) in [6.07, 6.45) is 1.34. The Hall–Kier alpha value is -1.96. The summed E-state index contributed by atoms with van der Waals surface area (Å²) in [5, 5.41) is 18.5. The maximum atomic E-state index is 10.2. The summed E-state index contributed by atoms with van der Waals surface area (Å²) in [7, 11) is 0. The van der Waals surface area contributed by atoms with Crippen molar-refractivity contribution in [3.05, 3.63) is 34.1 Å². The van der Waals surface area contributed by atoms with Crippen molar-refractivity contribution in [2.24, 2.45) is 0 Å². The Kier molecular flexibility index (Phi) is 1.79. The van der Waals surface area contributed by atoms with Crippen molar-refractivity contribution in [2.45, 2.75) is 0 Å². The number of nitriles is 1. The van der Waals surface area contributed by atoms with E-state index in [0.29, 0.717) is 0 Å². The number of aromatic nitrogens is 1. The van der Waals surface area contributed by atoms with Crippen LogP contribution in [-0.4, -0.2) is 9.91 Å². The first kappa shape index (κ1) is 7.15. The topological polar surface area (TPSA) is 79.8 Å². The van der Waals surface area contributed by atoms with Crippen LogP contribution in [0, 0.1) is 21.4 Å². The maximum absolute atomic E-state index is 10.2. The standard InChI is InChI=1S/C6H3N3O2/c7-4-5-6(9(10)11)2-1-3-8-5/h1-3H. The molecule has 1 aromatic rings. The molecule has 5 heteroatoms. The Bertz CT molecular complexity index is 329. The fourth-order valence-corrected chi connectivity index (χ4v) is 0.630.